The molecule has 0 aromatic rings. The van der Waals surface area contributed by atoms with E-state index in [0.29, 0.717) is 24.2 Å². The summed E-state index contributed by atoms with van der Waals surface area (Å²) < 4.78 is 5.95. The van der Waals surface area contributed by atoms with Crippen LogP contribution in [0.25, 0.3) is 0 Å². The van der Waals surface area contributed by atoms with Crippen LogP contribution >= 0.6 is 0 Å². The molecule has 2 atom stereocenters. The Morgan fingerprint density at radius 1 is 1.15 bits per heavy atom. The van der Waals surface area contributed by atoms with Crippen LogP contribution in [0.2, 0.25) is 0 Å². The summed E-state index contributed by atoms with van der Waals surface area (Å²) in [5.74, 6) is 0. The quantitative estimate of drug-likeness (QED) is 0.829. The predicted octanol–water partition coefficient (Wildman–Crippen LogP) is 1.56. The van der Waals surface area contributed by atoms with Gasteiger partial charge in [-0.15, -0.1) is 0 Å². The van der Waals surface area contributed by atoms with Crippen molar-refractivity contribution in [3.8, 4) is 0 Å². The van der Waals surface area contributed by atoms with Gasteiger partial charge < -0.3 is 15.0 Å². The van der Waals surface area contributed by atoms with Crippen molar-refractivity contribution in [1.29, 1.82) is 0 Å². The van der Waals surface area contributed by atoms with E-state index in [1.807, 2.05) is 0 Å². The van der Waals surface area contributed by atoms with E-state index in [4.69, 9.17) is 4.74 Å². The van der Waals surface area contributed by atoms with Gasteiger partial charge in [-0.2, -0.15) is 0 Å². The molecule has 0 aromatic heterocycles. The van der Waals surface area contributed by atoms with E-state index < -0.39 is 0 Å². The van der Waals surface area contributed by atoms with Crippen molar-refractivity contribution in [2.75, 3.05) is 39.8 Å². The molecular weight excluding hydrogens is 250 g/mol. The summed E-state index contributed by atoms with van der Waals surface area (Å²) in [6.45, 7) is 12.4. The number of likely N-dealkylation sites (tertiary alicyclic amines) is 1. The van der Waals surface area contributed by atoms with Crippen molar-refractivity contribution in [3.05, 3.63) is 0 Å². The van der Waals surface area contributed by atoms with E-state index in [1.54, 1.807) is 0 Å². The third-order valence-electron chi connectivity index (χ3n) is 4.76. The molecule has 4 heteroatoms. The largest absolute Gasteiger partial charge is 0.375 e. The van der Waals surface area contributed by atoms with Gasteiger partial charge in [-0.05, 0) is 60.2 Å². The molecule has 1 N–H and O–H groups in total. The summed E-state index contributed by atoms with van der Waals surface area (Å²) in [6, 6.07) is 1.89. The van der Waals surface area contributed by atoms with E-state index in [0.717, 1.165) is 26.1 Å². The Balaban J connectivity index is 1.69. The van der Waals surface area contributed by atoms with Crippen molar-refractivity contribution in [3.63, 3.8) is 0 Å². The number of hydrogen-bond acceptors (Lipinski definition) is 4. The molecule has 0 radical (unpaired) electrons. The zero-order valence-corrected chi connectivity index (χ0v) is 13.8. The first-order valence-electron chi connectivity index (χ1n) is 8.35. The maximum atomic E-state index is 5.95. The van der Waals surface area contributed by atoms with E-state index in [9.17, 15) is 0 Å². The minimum Gasteiger partial charge on any atom is -0.375 e. The fourth-order valence-electron chi connectivity index (χ4n) is 3.39. The molecule has 20 heavy (non-hydrogen) atoms. The van der Waals surface area contributed by atoms with Gasteiger partial charge in [-0.25, -0.2) is 0 Å². The van der Waals surface area contributed by atoms with Crippen LogP contribution < -0.4 is 5.32 Å². The second-order valence-electron chi connectivity index (χ2n) is 6.96. The number of ether oxygens (including phenoxy) is 1. The molecule has 0 saturated carbocycles. The van der Waals surface area contributed by atoms with E-state index in [1.165, 1.54) is 25.9 Å². The molecule has 0 amide bonds. The maximum Gasteiger partial charge on any atom is 0.0717 e. The lowest BCUT2D eigenvalue weighted by molar-refractivity contribution is -0.0456. The highest BCUT2D eigenvalue weighted by atomic mass is 16.5. The van der Waals surface area contributed by atoms with E-state index >= 15 is 0 Å². The lowest BCUT2D eigenvalue weighted by atomic mass is 10.0. The van der Waals surface area contributed by atoms with Crippen LogP contribution in [-0.4, -0.2) is 73.9 Å². The highest BCUT2D eigenvalue weighted by Crippen LogP contribution is 2.15. The van der Waals surface area contributed by atoms with Gasteiger partial charge in [0, 0.05) is 31.2 Å². The zero-order valence-electron chi connectivity index (χ0n) is 13.8. The monoisotopic (exact) mass is 283 g/mol. The summed E-state index contributed by atoms with van der Waals surface area (Å²) in [4.78, 5) is 4.96. The second kappa shape index (κ2) is 7.74. The number of rotatable bonds is 5. The fourth-order valence-corrected chi connectivity index (χ4v) is 3.39. The molecule has 2 aliphatic heterocycles. The maximum absolute atomic E-state index is 5.95. The molecule has 4 nitrogen and oxygen atoms in total. The van der Waals surface area contributed by atoms with Gasteiger partial charge >= 0.3 is 0 Å². The van der Waals surface area contributed by atoms with Crippen molar-refractivity contribution >= 4 is 0 Å². The first kappa shape index (κ1) is 16.2. The van der Waals surface area contributed by atoms with Crippen LogP contribution in [-0.2, 0) is 4.74 Å². The molecule has 0 aliphatic carbocycles. The van der Waals surface area contributed by atoms with Crippen molar-refractivity contribution < 1.29 is 4.74 Å². The Hall–Kier alpha value is -0.160. The van der Waals surface area contributed by atoms with Crippen LogP contribution in [0.5, 0.6) is 0 Å². The molecule has 2 rings (SSSR count). The van der Waals surface area contributed by atoms with Gasteiger partial charge in [0.15, 0.2) is 0 Å². The third-order valence-corrected chi connectivity index (χ3v) is 4.76. The molecule has 2 aliphatic rings. The highest BCUT2D eigenvalue weighted by molar-refractivity contribution is 4.82. The van der Waals surface area contributed by atoms with E-state index in [2.05, 4.69) is 42.9 Å². The Morgan fingerprint density at radius 3 is 2.50 bits per heavy atom. The smallest absolute Gasteiger partial charge is 0.0717 e. The molecular formula is C16H33N3O. The SMILES string of the molecule is CC(CC1CN(C(C)C)CCO1)NC1CCN(C)CC1. The number of piperidine rings is 1. The van der Waals surface area contributed by atoms with Gasteiger partial charge in [-0.3, -0.25) is 4.90 Å². The molecule has 118 valence electrons. The average molecular weight is 283 g/mol. The molecule has 0 bridgehead atoms. The minimum atomic E-state index is 0.403. The summed E-state index contributed by atoms with van der Waals surface area (Å²) in [6.07, 6.45) is 4.10. The van der Waals surface area contributed by atoms with Crippen LogP contribution in [0.3, 0.4) is 0 Å². The summed E-state index contributed by atoms with van der Waals surface area (Å²) in [7, 11) is 2.22. The van der Waals surface area contributed by atoms with Gasteiger partial charge in [0.1, 0.15) is 0 Å². The van der Waals surface area contributed by atoms with Crippen LogP contribution in [0, 0.1) is 0 Å². The molecule has 2 unspecified atom stereocenters. The van der Waals surface area contributed by atoms with Gasteiger partial charge in [0.05, 0.1) is 12.7 Å². The summed E-state index contributed by atoms with van der Waals surface area (Å²) >= 11 is 0. The molecule has 2 saturated heterocycles. The van der Waals surface area contributed by atoms with Crippen LogP contribution in [0.15, 0.2) is 0 Å². The normalized spacial score (nSPS) is 28.9. The van der Waals surface area contributed by atoms with Gasteiger partial charge in [0.25, 0.3) is 0 Å². The lowest BCUT2D eigenvalue weighted by Crippen LogP contribution is -2.49. The summed E-state index contributed by atoms with van der Waals surface area (Å²) in [5.41, 5.74) is 0. The molecule has 2 heterocycles. The first-order chi connectivity index (χ1) is 9.54. The predicted molar refractivity (Wildman–Crippen MR) is 84.2 cm³/mol. The van der Waals surface area contributed by atoms with Crippen LogP contribution in [0.1, 0.15) is 40.0 Å². The van der Waals surface area contributed by atoms with Crippen LogP contribution in [0.4, 0.5) is 0 Å². The topological polar surface area (TPSA) is 27.7 Å². The van der Waals surface area contributed by atoms with Crippen molar-refractivity contribution in [2.24, 2.45) is 0 Å². The fraction of sp³-hybridized carbons (Fsp3) is 1.00. The van der Waals surface area contributed by atoms with Crippen molar-refractivity contribution in [2.45, 2.75) is 64.3 Å². The number of nitrogens with zero attached hydrogens (tertiary/aromatic N) is 2. The molecule has 0 spiro atoms. The Bertz CT molecular complexity index is 277. The summed E-state index contributed by atoms with van der Waals surface area (Å²) in [5, 5.41) is 3.81. The first-order valence-corrected chi connectivity index (χ1v) is 8.35. The average Bonchev–Trinajstić information content (AvgIpc) is 2.41. The standard InChI is InChI=1S/C16H33N3O/c1-13(2)19-9-10-20-16(12-19)11-14(3)17-15-5-7-18(4)8-6-15/h13-17H,5-12H2,1-4H3. The number of morpholine rings is 1. The Kier molecular flexibility index (Phi) is 6.27. The molecule has 0 aromatic carbocycles. The number of hydrogen-bond donors (Lipinski definition) is 1. The minimum absolute atomic E-state index is 0.403. The van der Waals surface area contributed by atoms with Crippen molar-refractivity contribution in [1.82, 2.24) is 15.1 Å². The van der Waals surface area contributed by atoms with Gasteiger partial charge in [-0.1, -0.05) is 0 Å². The Morgan fingerprint density at radius 2 is 1.85 bits per heavy atom. The number of nitrogens with one attached hydrogen (secondary N) is 1. The molecule has 2 fully saturated rings. The third kappa shape index (κ3) is 4.99. The Labute approximate surface area is 124 Å². The lowest BCUT2D eigenvalue weighted by Gasteiger charge is -2.37. The van der Waals surface area contributed by atoms with E-state index in [-0.39, 0.29) is 0 Å². The second-order valence-corrected chi connectivity index (χ2v) is 6.96. The zero-order chi connectivity index (χ0) is 14.5. The highest BCUT2D eigenvalue weighted by Gasteiger charge is 2.25. The van der Waals surface area contributed by atoms with Gasteiger partial charge in [0.2, 0.25) is 0 Å².